The molecule has 184 valence electrons. The first-order chi connectivity index (χ1) is 16.7. The maximum absolute atomic E-state index is 11.7. The van der Waals surface area contributed by atoms with Gasteiger partial charge in [-0.3, -0.25) is 4.79 Å². The minimum absolute atomic E-state index is 0.0849. The molecule has 0 aromatic carbocycles. The van der Waals surface area contributed by atoms with E-state index in [9.17, 15) is 4.79 Å². The lowest BCUT2D eigenvalue weighted by Gasteiger charge is -2.35. The van der Waals surface area contributed by atoms with E-state index in [1.54, 1.807) is 18.3 Å². The largest absolute Gasteiger partial charge is 0.474 e. The minimum atomic E-state index is -0.338. The SMILES string of the molecule is O=c1ccccn1C1CCC2(CC1)OCCO2.c1ccc(OC2CCC3(CC2)OCCO3)nc1. The molecule has 2 spiro atoms. The van der Waals surface area contributed by atoms with Crippen molar-refractivity contribution in [2.45, 2.75) is 75.1 Å². The fraction of sp³-hybridized carbons (Fsp3) is 0.615. The molecule has 4 heterocycles. The lowest BCUT2D eigenvalue weighted by Crippen LogP contribution is -2.38. The van der Waals surface area contributed by atoms with Gasteiger partial charge in [0.2, 0.25) is 5.88 Å². The van der Waals surface area contributed by atoms with Gasteiger partial charge in [0.25, 0.3) is 5.56 Å². The van der Waals surface area contributed by atoms with Crippen LogP contribution in [-0.2, 0) is 18.9 Å². The third-order valence-corrected chi connectivity index (χ3v) is 7.21. The molecule has 0 N–H and O–H groups in total. The van der Waals surface area contributed by atoms with Crippen LogP contribution >= 0.6 is 0 Å². The standard InChI is InChI=1S/2C13H17NO3/c1-2-8-14-12(3-1)17-11-4-6-13(7-5-11)15-9-10-16-13;15-12-3-1-2-8-14(12)11-4-6-13(7-5-11)16-9-10-17-13/h2*1-3,8,11H,4-7,9-10H2. The molecule has 4 aliphatic rings. The predicted molar refractivity (Wildman–Crippen MR) is 125 cm³/mol. The Labute approximate surface area is 200 Å². The molecule has 4 fully saturated rings. The first kappa shape index (κ1) is 23.5. The second-order valence-corrected chi connectivity index (χ2v) is 9.38. The summed E-state index contributed by atoms with van der Waals surface area (Å²) in [4.78, 5) is 15.9. The highest BCUT2D eigenvalue weighted by atomic mass is 16.7. The molecule has 6 rings (SSSR count). The van der Waals surface area contributed by atoms with Crippen molar-refractivity contribution in [2.75, 3.05) is 26.4 Å². The van der Waals surface area contributed by atoms with Crippen molar-refractivity contribution in [1.29, 1.82) is 0 Å². The molecule has 8 heteroatoms. The van der Waals surface area contributed by atoms with Crippen LogP contribution in [0.25, 0.3) is 0 Å². The van der Waals surface area contributed by atoms with Gasteiger partial charge >= 0.3 is 0 Å². The van der Waals surface area contributed by atoms with Crippen molar-refractivity contribution >= 4 is 0 Å². The highest BCUT2D eigenvalue weighted by molar-refractivity contribution is 5.10. The lowest BCUT2D eigenvalue weighted by atomic mass is 9.90. The molecular weight excluding hydrogens is 436 g/mol. The van der Waals surface area contributed by atoms with E-state index in [4.69, 9.17) is 23.7 Å². The van der Waals surface area contributed by atoms with Crippen LogP contribution in [0, 0.1) is 0 Å². The Bertz CT molecular complexity index is 949. The Balaban J connectivity index is 0.000000142. The van der Waals surface area contributed by atoms with Gasteiger partial charge in [-0.25, -0.2) is 4.98 Å². The number of nitrogens with zero attached hydrogens (tertiary/aromatic N) is 2. The van der Waals surface area contributed by atoms with Crippen LogP contribution in [0.4, 0.5) is 0 Å². The van der Waals surface area contributed by atoms with Gasteiger partial charge in [-0.15, -0.1) is 0 Å². The van der Waals surface area contributed by atoms with Gasteiger partial charge in [-0.1, -0.05) is 12.1 Å². The average molecular weight is 471 g/mol. The molecule has 34 heavy (non-hydrogen) atoms. The Hall–Kier alpha value is -2.26. The first-order valence-electron chi connectivity index (χ1n) is 12.5. The molecule has 2 aliphatic heterocycles. The zero-order chi connectivity index (χ0) is 23.3. The van der Waals surface area contributed by atoms with Crippen molar-refractivity contribution < 1.29 is 23.7 Å². The monoisotopic (exact) mass is 470 g/mol. The van der Waals surface area contributed by atoms with Crippen molar-refractivity contribution in [3.63, 3.8) is 0 Å². The molecule has 2 aromatic rings. The van der Waals surface area contributed by atoms with Gasteiger partial charge in [-0.05, 0) is 37.8 Å². The highest BCUT2D eigenvalue weighted by Gasteiger charge is 2.41. The summed E-state index contributed by atoms with van der Waals surface area (Å²) in [6, 6.07) is 11.3. The zero-order valence-electron chi connectivity index (χ0n) is 19.6. The van der Waals surface area contributed by atoms with E-state index in [0.717, 1.165) is 64.6 Å². The molecular formula is C26H34N2O6. The fourth-order valence-electron chi connectivity index (χ4n) is 5.37. The van der Waals surface area contributed by atoms with Gasteiger partial charge in [0.05, 0.1) is 26.4 Å². The molecule has 8 nitrogen and oxygen atoms in total. The minimum Gasteiger partial charge on any atom is -0.474 e. The molecule has 0 unspecified atom stereocenters. The summed E-state index contributed by atoms with van der Waals surface area (Å²) in [6.07, 6.45) is 11.3. The van der Waals surface area contributed by atoms with E-state index < -0.39 is 0 Å². The van der Waals surface area contributed by atoms with Crippen LogP contribution in [-0.4, -0.2) is 53.7 Å². The van der Waals surface area contributed by atoms with E-state index in [-0.39, 0.29) is 23.2 Å². The number of ether oxygens (including phenoxy) is 5. The van der Waals surface area contributed by atoms with Gasteiger partial charge in [0, 0.05) is 56.3 Å². The first-order valence-corrected chi connectivity index (χ1v) is 12.5. The second kappa shape index (κ2) is 10.6. The summed E-state index contributed by atoms with van der Waals surface area (Å²) in [6.45, 7) is 2.86. The molecule has 2 saturated carbocycles. The van der Waals surface area contributed by atoms with E-state index in [2.05, 4.69) is 4.98 Å². The quantitative estimate of drug-likeness (QED) is 0.674. The molecule has 0 atom stereocenters. The van der Waals surface area contributed by atoms with Crippen LogP contribution in [0.1, 0.15) is 57.4 Å². The highest BCUT2D eigenvalue weighted by Crippen LogP contribution is 2.40. The van der Waals surface area contributed by atoms with E-state index >= 15 is 0 Å². The number of aromatic nitrogens is 2. The maximum Gasteiger partial charge on any atom is 0.250 e. The van der Waals surface area contributed by atoms with Gasteiger partial charge < -0.3 is 28.3 Å². The molecule has 2 aliphatic carbocycles. The Kier molecular flexibility index (Phi) is 7.29. The summed E-state index contributed by atoms with van der Waals surface area (Å²) in [5.74, 6) is 0.0699. The third kappa shape index (κ3) is 5.51. The zero-order valence-corrected chi connectivity index (χ0v) is 19.6. The lowest BCUT2D eigenvalue weighted by molar-refractivity contribution is -0.186. The summed E-state index contributed by atoms with van der Waals surface area (Å²) >= 11 is 0. The summed E-state index contributed by atoms with van der Waals surface area (Å²) in [7, 11) is 0. The number of hydrogen-bond acceptors (Lipinski definition) is 7. The van der Waals surface area contributed by atoms with E-state index in [1.165, 1.54) is 0 Å². The smallest absolute Gasteiger partial charge is 0.250 e. The molecule has 2 saturated heterocycles. The van der Waals surface area contributed by atoms with Crippen LogP contribution in [0.15, 0.2) is 53.6 Å². The molecule has 0 bridgehead atoms. The van der Waals surface area contributed by atoms with Crippen molar-refractivity contribution in [3.05, 3.63) is 59.1 Å². The second-order valence-electron chi connectivity index (χ2n) is 9.38. The topological polar surface area (TPSA) is 81.0 Å². The van der Waals surface area contributed by atoms with Crippen molar-refractivity contribution in [1.82, 2.24) is 9.55 Å². The van der Waals surface area contributed by atoms with Crippen molar-refractivity contribution in [2.24, 2.45) is 0 Å². The number of pyridine rings is 2. The average Bonchev–Trinajstić information content (AvgIpc) is 3.53. The summed E-state index contributed by atoms with van der Waals surface area (Å²) < 4.78 is 30.4. The summed E-state index contributed by atoms with van der Waals surface area (Å²) in [5, 5.41) is 0. The third-order valence-electron chi connectivity index (χ3n) is 7.21. The van der Waals surface area contributed by atoms with E-state index in [0.29, 0.717) is 25.1 Å². The van der Waals surface area contributed by atoms with Gasteiger partial charge in [0.15, 0.2) is 11.6 Å². The molecule has 0 radical (unpaired) electrons. The summed E-state index contributed by atoms with van der Waals surface area (Å²) in [5.41, 5.74) is 0.0849. The van der Waals surface area contributed by atoms with Crippen LogP contribution in [0.2, 0.25) is 0 Å². The fourth-order valence-corrected chi connectivity index (χ4v) is 5.37. The maximum atomic E-state index is 11.7. The predicted octanol–water partition coefficient (Wildman–Crippen LogP) is 3.85. The Morgan fingerprint density at radius 3 is 1.94 bits per heavy atom. The number of hydrogen-bond donors (Lipinski definition) is 0. The Morgan fingerprint density at radius 1 is 0.794 bits per heavy atom. The van der Waals surface area contributed by atoms with Gasteiger partial charge in [-0.2, -0.15) is 0 Å². The van der Waals surface area contributed by atoms with Crippen LogP contribution < -0.4 is 10.3 Å². The van der Waals surface area contributed by atoms with Crippen molar-refractivity contribution in [3.8, 4) is 5.88 Å². The number of rotatable bonds is 3. The van der Waals surface area contributed by atoms with Crippen LogP contribution in [0.3, 0.4) is 0 Å². The molecule has 2 aromatic heterocycles. The molecule has 0 amide bonds. The van der Waals surface area contributed by atoms with Gasteiger partial charge in [0.1, 0.15) is 6.10 Å². The Morgan fingerprint density at radius 2 is 1.38 bits per heavy atom. The van der Waals surface area contributed by atoms with Crippen LogP contribution in [0.5, 0.6) is 5.88 Å². The van der Waals surface area contributed by atoms with E-state index in [1.807, 2.05) is 35.0 Å². The normalized spacial score (nSPS) is 25.7.